The third-order valence-corrected chi connectivity index (χ3v) is 4.07. The molecular formula is C9H14N4O5S. The van der Waals surface area contributed by atoms with E-state index in [0.29, 0.717) is 5.89 Å². The Hall–Kier alpha value is -1.68. The molecule has 0 bridgehead atoms. The fraction of sp³-hybridized carbons (Fsp3) is 0.667. The van der Waals surface area contributed by atoms with Gasteiger partial charge in [-0.15, -0.1) is 5.10 Å². The highest BCUT2D eigenvalue weighted by Crippen LogP contribution is 2.39. The fourth-order valence-electron chi connectivity index (χ4n) is 1.33. The first kappa shape index (κ1) is 13.7. The van der Waals surface area contributed by atoms with Gasteiger partial charge in [0.05, 0.1) is 6.42 Å². The molecule has 1 aliphatic carbocycles. The van der Waals surface area contributed by atoms with E-state index in [0.717, 1.165) is 17.1 Å². The number of aliphatic carboxylic acids is 1. The zero-order valence-electron chi connectivity index (χ0n) is 10.2. The van der Waals surface area contributed by atoms with Gasteiger partial charge in [-0.05, 0) is 12.8 Å². The molecule has 0 aliphatic heterocycles. The number of anilines is 1. The summed E-state index contributed by atoms with van der Waals surface area (Å²) in [6, 6.07) is -0.205. The van der Waals surface area contributed by atoms with E-state index in [-0.39, 0.29) is 24.9 Å². The van der Waals surface area contributed by atoms with E-state index >= 15 is 0 Å². The minimum Gasteiger partial charge on any atom is -0.481 e. The van der Waals surface area contributed by atoms with Gasteiger partial charge in [0.15, 0.2) is 0 Å². The summed E-state index contributed by atoms with van der Waals surface area (Å²) in [6.45, 7) is -0.145. The summed E-state index contributed by atoms with van der Waals surface area (Å²) in [5, 5.41) is 15.8. The lowest BCUT2D eigenvalue weighted by Gasteiger charge is -2.15. The summed E-state index contributed by atoms with van der Waals surface area (Å²) >= 11 is 0. The van der Waals surface area contributed by atoms with Crippen LogP contribution in [0.15, 0.2) is 4.42 Å². The van der Waals surface area contributed by atoms with Gasteiger partial charge in [-0.1, -0.05) is 5.10 Å². The lowest BCUT2D eigenvalue weighted by Crippen LogP contribution is -2.34. The van der Waals surface area contributed by atoms with Crippen molar-refractivity contribution in [2.45, 2.75) is 25.2 Å². The standard InChI is InChI=1S/C9H14N4O5S/c1-13(5-4-7(14)15)19(16,17)12-9-11-10-8(18-9)6-2-3-6/h6H,2-5H2,1H3,(H,11,12)(H,14,15). The molecule has 0 spiro atoms. The van der Waals surface area contributed by atoms with Crippen LogP contribution in [0.2, 0.25) is 0 Å². The second-order valence-corrected chi connectivity index (χ2v) is 6.07. The van der Waals surface area contributed by atoms with Crippen LogP contribution < -0.4 is 4.72 Å². The molecule has 1 aromatic heterocycles. The maximum absolute atomic E-state index is 11.8. The topological polar surface area (TPSA) is 126 Å². The average Bonchev–Trinajstić information content (AvgIpc) is 3.07. The minimum atomic E-state index is -3.88. The van der Waals surface area contributed by atoms with Crippen LogP contribution in [-0.2, 0) is 15.0 Å². The summed E-state index contributed by atoms with van der Waals surface area (Å²) in [7, 11) is -2.61. The Labute approximate surface area is 109 Å². The first-order valence-corrected chi connectivity index (χ1v) is 7.12. The van der Waals surface area contributed by atoms with E-state index in [1.807, 2.05) is 0 Å². The highest BCUT2D eigenvalue weighted by Gasteiger charge is 2.30. The van der Waals surface area contributed by atoms with Gasteiger partial charge in [0.2, 0.25) is 5.89 Å². The predicted molar refractivity (Wildman–Crippen MR) is 63.7 cm³/mol. The number of carbonyl (C=O) groups is 1. The van der Waals surface area contributed by atoms with Crippen LogP contribution in [0, 0.1) is 0 Å². The van der Waals surface area contributed by atoms with Crippen molar-refractivity contribution < 1.29 is 22.7 Å². The Kier molecular flexibility index (Phi) is 3.71. The second-order valence-electron chi connectivity index (χ2n) is 4.29. The molecule has 0 amide bonds. The highest BCUT2D eigenvalue weighted by molar-refractivity contribution is 7.90. The van der Waals surface area contributed by atoms with E-state index < -0.39 is 16.2 Å². The van der Waals surface area contributed by atoms with Gasteiger partial charge in [-0.3, -0.25) is 4.79 Å². The molecule has 9 nitrogen and oxygen atoms in total. The molecule has 0 saturated heterocycles. The summed E-state index contributed by atoms with van der Waals surface area (Å²) in [5.41, 5.74) is 0. The molecule has 19 heavy (non-hydrogen) atoms. The van der Waals surface area contributed by atoms with E-state index in [1.54, 1.807) is 0 Å². The maximum Gasteiger partial charge on any atom is 0.330 e. The van der Waals surface area contributed by atoms with Crippen LogP contribution in [0.25, 0.3) is 0 Å². The molecule has 2 rings (SSSR count). The molecule has 1 aromatic rings. The van der Waals surface area contributed by atoms with Crippen molar-refractivity contribution in [1.82, 2.24) is 14.5 Å². The molecule has 1 saturated carbocycles. The SMILES string of the molecule is CN(CCC(=O)O)S(=O)(=O)Nc1nnc(C2CC2)o1. The molecule has 1 heterocycles. The van der Waals surface area contributed by atoms with Crippen LogP contribution in [0.1, 0.15) is 31.1 Å². The number of hydrogen-bond donors (Lipinski definition) is 2. The van der Waals surface area contributed by atoms with Crippen molar-refractivity contribution in [2.24, 2.45) is 0 Å². The van der Waals surface area contributed by atoms with Gasteiger partial charge < -0.3 is 9.52 Å². The third-order valence-electron chi connectivity index (χ3n) is 2.63. The minimum absolute atomic E-state index is 0.145. The molecule has 106 valence electrons. The summed E-state index contributed by atoms with van der Waals surface area (Å²) < 4.78 is 31.8. The quantitative estimate of drug-likeness (QED) is 0.724. The molecule has 0 aromatic carbocycles. The summed E-state index contributed by atoms with van der Waals surface area (Å²) in [5.74, 6) is -0.419. The van der Waals surface area contributed by atoms with Crippen molar-refractivity contribution in [2.75, 3.05) is 18.3 Å². The van der Waals surface area contributed by atoms with Crippen LogP contribution >= 0.6 is 0 Å². The Morgan fingerprint density at radius 1 is 1.53 bits per heavy atom. The van der Waals surface area contributed by atoms with Crippen molar-refractivity contribution in [3.8, 4) is 0 Å². The van der Waals surface area contributed by atoms with Crippen LogP contribution in [0.4, 0.5) is 6.01 Å². The van der Waals surface area contributed by atoms with Gasteiger partial charge in [0.1, 0.15) is 0 Å². The fourth-order valence-corrected chi connectivity index (χ4v) is 2.12. The maximum atomic E-state index is 11.8. The molecule has 2 N–H and O–H groups in total. The van der Waals surface area contributed by atoms with Crippen LogP contribution in [0.3, 0.4) is 0 Å². The van der Waals surface area contributed by atoms with E-state index in [2.05, 4.69) is 14.9 Å². The number of nitrogens with one attached hydrogen (secondary N) is 1. The van der Waals surface area contributed by atoms with E-state index in [4.69, 9.17) is 9.52 Å². The molecule has 1 aliphatic rings. The van der Waals surface area contributed by atoms with Gasteiger partial charge in [0.25, 0.3) is 0 Å². The number of rotatable bonds is 7. The zero-order chi connectivity index (χ0) is 14.0. The largest absolute Gasteiger partial charge is 0.481 e. The van der Waals surface area contributed by atoms with Crippen molar-refractivity contribution in [3.05, 3.63) is 5.89 Å². The molecule has 0 atom stereocenters. The zero-order valence-corrected chi connectivity index (χ0v) is 11.1. The van der Waals surface area contributed by atoms with Gasteiger partial charge in [-0.25, -0.2) is 4.72 Å². The summed E-state index contributed by atoms with van der Waals surface area (Å²) in [4.78, 5) is 10.4. The second kappa shape index (κ2) is 5.13. The van der Waals surface area contributed by atoms with Crippen LogP contribution in [-0.4, -0.2) is 47.6 Å². The number of nitrogens with zero attached hydrogens (tertiary/aromatic N) is 3. The van der Waals surface area contributed by atoms with E-state index in [1.165, 1.54) is 7.05 Å². The third kappa shape index (κ3) is 3.64. The first-order valence-electron chi connectivity index (χ1n) is 5.68. The molecule has 0 radical (unpaired) electrons. The Bertz CT molecular complexity index is 565. The highest BCUT2D eigenvalue weighted by atomic mass is 32.2. The normalized spacial score (nSPS) is 15.7. The van der Waals surface area contributed by atoms with Crippen molar-refractivity contribution in [1.29, 1.82) is 0 Å². The Morgan fingerprint density at radius 2 is 2.21 bits per heavy atom. The van der Waals surface area contributed by atoms with Crippen molar-refractivity contribution >= 4 is 22.2 Å². The smallest absolute Gasteiger partial charge is 0.330 e. The number of carboxylic acid groups (broad SMARTS) is 1. The van der Waals surface area contributed by atoms with Gasteiger partial charge >= 0.3 is 22.2 Å². The monoisotopic (exact) mass is 290 g/mol. The van der Waals surface area contributed by atoms with Gasteiger partial charge in [0, 0.05) is 19.5 Å². The summed E-state index contributed by atoms with van der Waals surface area (Å²) in [6.07, 6.45) is 1.65. The average molecular weight is 290 g/mol. The van der Waals surface area contributed by atoms with Crippen LogP contribution in [0.5, 0.6) is 0 Å². The molecule has 1 fully saturated rings. The predicted octanol–water partition coefficient (Wildman–Crippen LogP) is 0.0102. The molecule has 10 heteroatoms. The lowest BCUT2D eigenvalue weighted by atomic mass is 10.4. The lowest BCUT2D eigenvalue weighted by molar-refractivity contribution is -0.137. The number of aromatic nitrogens is 2. The van der Waals surface area contributed by atoms with Crippen molar-refractivity contribution in [3.63, 3.8) is 0 Å². The van der Waals surface area contributed by atoms with Gasteiger partial charge in [-0.2, -0.15) is 12.7 Å². The van der Waals surface area contributed by atoms with E-state index in [9.17, 15) is 13.2 Å². The first-order chi connectivity index (χ1) is 8.88. The molecule has 0 unspecified atom stereocenters. The molecular weight excluding hydrogens is 276 g/mol. The number of carboxylic acids is 1. The number of hydrogen-bond acceptors (Lipinski definition) is 6. The Balaban J connectivity index is 1.96. The Morgan fingerprint density at radius 3 is 2.79 bits per heavy atom.